The molecule has 1 fully saturated rings. The molecule has 1 heterocycles. The third-order valence-corrected chi connectivity index (χ3v) is 2.29. The number of nitrogens with zero attached hydrogens (tertiary/aromatic N) is 1. The first-order valence-electron chi connectivity index (χ1n) is 3.62. The van der Waals surface area contributed by atoms with Gasteiger partial charge in [-0.15, -0.1) is 0 Å². The highest BCUT2D eigenvalue weighted by molar-refractivity contribution is 14.1. The molecule has 1 aliphatic rings. The molecule has 0 spiro atoms. The Bertz CT molecular complexity index is 148. The second kappa shape index (κ2) is 4.20. The van der Waals surface area contributed by atoms with Crippen LogP contribution >= 0.6 is 22.6 Å². The van der Waals surface area contributed by atoms with Crippen molar-refractivity contribution < 1.29 is 0 Å². The largest absolute Gasteiger partial charge is 0.306 e. The van der Waals surface area contributed by atoms with Crippen LogP contribution in [0.2, 0.25) is 0 Å². The summed E-state index contributed by atoms with van der Waals surface area (Å²) in [5, 5.41) is 0. The lowest BCUT2D eigenvalue weighted by atomic mass is 9.99. The van der Waals surface area contributed by atoms with Crippen LogP contribution < -0.4 is 0 Å². The van der Waals surface area contributed by atoms with E-state index >= 15 is 0 Å². The highest BCUT2D eigenvalue weighted by atomic mass is 127. The van der Waals surface area contributed by atoms with Gasteiger partial charge in [-0.05, 0) is 36.9 Å². The number of halogens is 1. The monoisotopic (exact) mass is 249 g/mol. The van der Waals surface area contributed by atoms with Crippen molar-refractivity contribution in [2.75, 3.05) is 20.1 Å². The van der Waals surface area contributed by atoms with Crippen LogP contribution in [0, 0.1) is 15.8 Å². The molecule has 0 aromatic carbocycles. The van der Waals surface area contributed by atoms with Gasteiger partial charge < -0.3 is 4.90 Å². The third kappa shape index (κ3) is 2.47. The summed E-state index contributed by atoms with van der Waals surface area (Å²) in [6.07, 6.45) is 2.51. The Labute approximate surface area is 76.3 Å². The fraction of sp³-hybridized carbons (Fsp3) is 0.750. The van der Waals surface area contributed by atoms with Crippen molar-refractivity contribution in [2.24, 2.45) is 5.92 Å². The van der Waals surface area contributed by atoms with Crippen LogP contribution in [-0.2, 0) is 0 Å². The first kappa shape index (κ1) is 8.35. The van der Waals surface area contributed by atoms with Gasteiger partial charge in [-0.3, -0.25) is 0 Å². The summed E-state index contributed by atoms with van der Waals surface area (Å²) < 4.78 is 2.95. The van der Waals surface area contributed by atoms with Crippen LogP contribution in [0.25, 0.3) is 0 Å². The molecule has 56 valence electrons. The second-order valence-corrected chi connectivity index (χ2v) is 3.36. The minimum Gasteiger partial charge on any atom is -0.306 e. The highest BCUT2D eigenvalue weighted by Gasteiger charge is 2.13. The predicted octanol–water partition coefficient (Wildman–Crippen LogP) is 1.72. The van der Waals surface area contributed by atoms with E-state index in [4.69, 9.17) is 0 Å². The van der Waals surface area contributed by atoms with E-state index in [2.05, 4.69) is 44.4 Å². The number of hydrogen-bond donors (Lipinski definition) is 0. The quantitative estimate of drug-likeness (QED) is 0.466. The third-order valence-electron chi connectivity index (χ3n) is 1.98. The molecule has 2 heteroatoms. The van der Waals surface area contributed by atoms with E-state index in [1.54, 1.807) is 0 Å². The van der Waals surface area contributed by atoms with Crippen molar-refractivity contribution in [2.45, 2.75) is 12.8 Å². The maximum Gasteiger partial charge on any atom is 0.0235 e. The van der Waals surface area contributed by atoms with Gasteiger partial charge in [0.15, 0.2) is 0 Å². The molecule has 0 N–H and O–H groups in total. The molecule has 1 aliphatic heterocycles. The van der Waals surface area contributed by atoms with Crippen LogP contribution in [0.15, 0.2) is 0 Å². The molecule has 1 saturated heterocycles. The van der Waals surface area contributed by atoms with Crippen molar-refractivity contribution in [1.82, 2.24) is 4.90 Å². The average Bonchev–Trinajstić information content (AvgIpc) is 1.95. The lowest BCUT2D eigenvalue weighted by Gasteiger charge is -2.25. The minimum atomic E-state index is 0.674. The van der Waals surface area contributed by atoms with E-state index in [-0.39, 0.29) is 0 Å². The summed E-state index contributed by atoms with van der Waals surface area (Å²) in [7, 11) is 2.17. The average molecular weight is 249 g/mol. The molecule has 0 aromatic rings. The number of rotatable bonds is 0. The van der Waals surface area contributed by atoms with Gasteiger partial charge in [0, 0.05) is 28.5 Å². The molecule has 1 nitrogen and oxygen atoms in total. The molecule has 0 aliphatic carbocycles. The van der Waals surface area contributed by atoms with Crippen LogP contribution in [0.5, 0.6) is 0 Å². The van der Waals surface area contributed by atoms with Gasteiger partial charge in [-0.25, -0.2) is 0 Å². The zero-order valence-corrected chi connectivity index (χ0v) is 8.39. The number of piperidine rings is 1. The Morgan fingerprint density at radius 1 is 1.40 bits per heavy atom. The normalized spacial score (nSPS) is 21.8. The van der Waals surface area contributed by atoms with E-state index < -0.39 is 0 Å². The molecule has 0 bridgehead atoms. The van der Waals surface area contributed by atoms with Crippen LogP contribution in [0.1, 0.15) is 12.8 Å². The smallest absolute Gasteiger partial charge is 0.0235 e. The summed E-state index contributed by atoms with van der Waals surface area (Å²) in [5.74, 6) is 3.89. The first-order chi connectivity index (χ1) is 4.83. The highest BCUT2D eigenvalue weighted by Crippen LogP contribution is 2.14. The SMILES string of the molecule is CN1CCC(C#CI)CC1. The number of hydrogen-bond acceptors (Lipinski definition) is 1. The Morgan fingerprint density at radius 3 is 2.50 bits per heavy atom. The van der Waals surface area contributed by atoms with Crippen LogP contribution in [-0.4, -0.2) is 25.0 Å². The van der Waals surface area contributed by atoms with Crippen molar-refractivity contribution >= 4 is 22.6 Å². The maximum absolute atomic E-state index is 3.22. The van der Waals surface area contributed by atoms with Gasteiger partial charge >= 0.3 is 0 Å². The summed E-state index contributed by atoms with van der Waals surface area (Å²) in [6.45, 7) is 2.44. The van der Waals surface area contributed by atoms with Crippen molar-refractivity contribution in [3.05, 3.63) is 0 Å². The van der Waals surface area contributed by atoms with Gasteiger partial charge in [0.2, 0.25) is 0 Å². The van der Waals surface area contributed by atoms with Gasteiger partial charge in [0.25, 0.3) is 0 Å². The predicted molar refractivity (Wildman–Crippen MR) is 52.0 cm³/mol. The van der Waals surface area contributed by atoms with Gasteiger partial charge in [-0.1, -0.05) is 5.92 Å². The standard InChI is InChI=1S/C8H12IN/c1-10-6-3-8(2-5-9)4-7-10/h8H,3-4,6-7H2,1H3. The van der Waals surface area contributed by atoms with E-state index in [0.29, 0.717) is 5.92 Å². The van der Waals surface area contributed by atoms with Crippen molar-refractivity contribution in [3.63, 3.8) is 0 Å². The summed E-state index contributed by atoms with van der Waals surface area (Å²) in [5.41, 5.74) is 0. The van der Waals surface area contributed by atoms with Gasteiger partial charge in [-0.2, -0.15) is 0 Å². The molecule has 0 atom stereocenters. The first-order valence-corrected chi connectivity index (χ1v) is 4.70. The molecule has 0 aromatic heterocycles. The lowest BCUT2D eigenvalue weighted by molar-refractivity contribution is 0.248. The molecular weight excluding hydrogens is 237 g/mol. The molecule has 0 unspecified atom stereocenters. The topological polar surface area (TPSA) is 3.24 Å². The minimum absolute atomic E-state index is 0.674. The molecule has 10 heavy (non-hydrogen) atoms. The van der Waals surface area contributed by atoms with E-state index in [0.717, 1.165) is 0 Å². The molecule has 0 radical (unpaired) electrons. The lowest BCUT2D eigenvalue weighted by Crippen LogP contribution is -2.29. The Kier molecular flexibility index (Phi) is 3.50. The van der Waals surface area contributed by atoms with Crippen LogP contribution in [0.3, 0.4) is 0 Å². The summed E-state index contributed by atoms with van der Waals surface area (Å²) in [4.78, 5) is 2.37. The van der Waals surface area contributed by atoms with Crippen molar-refractivity contribution in [3.8, 4) is 9.85 Å². The van der Waals surface area contributed by atoms with Crippen LogP contribution in [0.4, 0.5) is 0 Å². The zero-order chi connectivity index (χ0) is 7.40. The Morgan fingerprint density at radius 2 is 2.00 bits per heavy atom. The summed E-state index contributed by atoms with van der Waals surface area (Å²) in [6, 6.07) is 0. The maximum atomic E-state index is 3.22. The summed E-state index contributed by atoms with van der Waals surface area (Å²) >= 11 is 2.12. The molecular formula is C8H12IN. The molecule has 0 saturated carbocycles. The van der Waals surface area contributed by atoms with E-state index in [1.807, 2.05) is 0 Å². The zero-order valence-electron chi connectivity index (χ0n) is 6.23. The Hall–Kier alpha value is 0.250. The second-order valence-electron chi connectivity index (χ2n) is 2.82. The number of likely N-dealkylation sites (tertiary alicyclic amines) is 1. The van der Waals surface area contributed by atoms with Gasteiger partial charge in [0.1, 0.15) is 0 Å². The molecule has 0 amide bonds. The molecule has 1 rings (SSSR count). The van der Waals surface area contributed by atoms with E-state index in [9.17, 15) is 0 Å². The van der Waals surface area contributed by atoms with E-state index in [1.165, 1.54) is 25.9 Å². The van der Waals surface area contributed by atoms with Crippen molar-refractivity contribution in [1.29, 1.82) is 0 Å². The van der Waals surface area contributed by atoms with Gasteiger partial charge in [0.05, 0.1) is 0 Å². The Balaban J connectivity index is 2.30. The fourth-order valence-electron chi connectivity index (χ4n) is 1.23. The fourth-order valence-corrected chi connectivity index (χ4v) is 1.67.